The van der Waals surface area contributed by atoms with E-state index in [-0.39, 0.29) is 24.1 Å². The molecule has 8 heteroatoms. The Morgan fingerprint density at radius 3 is 2.31 bits per heavy atom. The molecule has 1 aromatic rings. The molecule has 1 aliphatic rings. The van der Waals surface area contributed by atoms with Crippen molar-refractivity contribution in [3.8, 4) is 5.75 Å². The summed E-state index contributed by atoms with van der Waals surface area (Å²) < 4.78 is 31.6. The average molecular weight is 384 g/mol. The molecule has 146 valence electrons. The minimum absolute atomic E-state index is 0.0562. The lowest BCUT2D eigenvalue weighted by molar-refractivity contribution is -0.121. The topological polar surface area (TPSA) is 79.0 Å². The Hall–Kier alpha value is -1.80. The number of carbonyl (C=O) groups excluding carboxylic acids is 1. The van der Waals surface area contributed by atoms with E-state index in [1.807, 2.05) is 38.1 Å². The van der Waals surface area contributed by atoms with Crippen LogP contribution in [-0.2, 0) is 14.8 Å². The van der Waals surface area contributed by atoms with E-state index >= 15 is 0 Å². The van der Waals surface area contributed by atoms with E-state index in [1.165, 1.54) is 4.31 Å². The summed E-state index contributed by atoms with van der Waals surface area (Å²) >= 11 is 0. The van der Waals surface area contributed by atoms with E-state index in [9.17, 15) is 13.2 Å². The number of methoxy groups -OCH3 is 1. The van der Waals surface area contributed by atoms with E-state index in [0.717, 1.165) is 11.4 Å². The normalized spacial score (nSPS) is 15.9. The number of nitrogens with zero attached hydrogens (tertiary/aromatic N) is 2. The molecule has 1 amide bonds. The second-order valence-electron chi connectivity index (χ2n) is 6.85. The minimum atomic E-state index is -3.35. The number of anilines is 1. The zero-order chi connectivity index (χ0) is 19.2. The van der Waals surface area contributed by atoms with Crippen LogP contribution in [0.2, 0.25) is 0 Å². The lowest BCUT2D eigenvalue weighted by Gasteiger charge is -2.35. The summed E-state index contributed by atoms with van der Waals surface area (Å²) in [5.74, 6) is 0.908. The van der Waals surface area contributed by atoms with Gasteiger partial charge in [-0.25, -0.2) is 8.42 Å². The van der Waals surface area contributed by atoms with Crippen molar-refractivity contribution in [3.05, 3.63) is 24.3 Å². The van der Waals surface area contributed by atoms with Crippen LogP contribution in [0.1, 0.15) is 20.3 Å². The molecular formula is C18H29N3O4S. The smallest absolute Gasteiger partial charge is 0.220 e. The van der Waals surface area contributed by atoms with Crippen molar-refractivity contribution < 1.29 is 17.9 Å². The number of hydrogen-bond acceptors (Lipinski definition) is 5. The van der Waals surface area contributed by atoms with Crippen LogP contribution in [0, 0.1) is 5.92 Å². The summed E-state index contributed by atoms with van der Waals surface area (Å²) in [7, 11) is -1.72. The Labute approximate surface area is 156 Å². The van der Waals surface area contributed by atoms with Crippen LogP contribution in [0.25, 0.3) is 0 Å². The molecule has 2 rings (SSSR count). The van der Waals surface area contributed by atoms with Crippen molar-refractivity contribution >= 4 is 21.6 Å². The Morgan fingerprint density at radius 1 is 1.15 bits per heavy atom. The third-order valence-corrected chi connectivity index (χ3v) is 6.22. The third-order valence-electron chi connectivity index (χ3n) is 4.35. The summed E-state index contributed by atoms with van der Waals surface area (Å²) in [6.45, 7) is 6.27. The highest BCUT2D eigenvalue weighted by Crippen LogP contribution is 2.21. The summed E-state index contributed by atoms with van der Waals surface area (Å²) in [5.41, 5.74) is 1.06. The summed E-state index contributed by atoms with van der Waals surface area (Å²) in [4.78, 5) is 13.8. The molecule has 1 aromatic carbocycles. The van der Waals surface area contributed by atoms with Crippen molar-refractivity contribution in [1.82, 2.24) is 9.62 Å². The second-order valence-corrected chi connectivity index (χ2v) is 8.94. The van der Waals surface area contributed by atoms with Gasteiger partial charge in [0.1, 0.15) is 5.75 Å². The number of rotatable bonds is 8. The molecular weight excluding hydrogens is 354 g/mol. The lowest BCUT2D eigenvalue weighted by Crippen LogP contribution is -2.50. The number of amides is 1. The van der Waals surface area contributed by atoms with Crippen LogP contribution >= 0.6 is 0 Å². The molecule has 0 aliphatic carbocycles. The van der Waals surface area contributed by atoms with E-state index < -0.39 is 10.0 Å². The van der Waals surface area contributed by atoms with E-state index in [4.69, 9.17) is 4.74 Å². The van der Waals surface area contributed by atoms with Crippen molar-refractivity contribution in [1.29, 1.82) is 0 Å². The van der Waals surface area contributed by atoms with Gasteiger partial charge in [-0.05, 0) is 30.2 Å². The molecule has 7 nitrogen and oxygen atoms in total. The molecule has 0 bridgehead atoms. The molecule has 0 aromatic heterocycles. The number of hydrogen-bond donors (Lipinski definition) is 1. The van der Waals surface area contributed by atoms with Gasteiger partial charge in [-0.1, -0.05) is 13.8 Å². The van der Waals surface area contributed by atoms with Gasteiger partial charge in [-0.2, -0.15) is 4.31 Å². The molecule has 1 N–H and O–H groups in total. The van der Waals surface area contributed by atoms with Crippen LogP contribution < -0.4 is 15.0 Å². The largest absolute Gasteiger partial charge is 0.497 e. The summed E-state index contributed by atoms with van der Waals surface area (Å²) in [6, 6.07) is 7.76. The van der Waals surface area contributed by atoms with Gasteiger partial charge >= 0.3 is 0 Å². The standard InChI is InChI=1S/C18H29N3O4S/c1-15(2)14-18(22)19-8-13-26(23,24)21-11-9-20(10-12-21)16-4-6-17(25-3)7-5-16/h4-7,15H,8-14H2,1-3H3,(H,19,22). The number of sulfonamides is 1. The van der Waals surface area contributed by atoms with Crippen LogP contribution in [0.3, 0.4) is 0 Å². The van der Waals surface area contributed by atoms with Crippen LogP contribution in [0.5, 0.6) is 5.75 Å². The number of benzene rings is 1. The molecule has 1 heterocycles. The van der Waals surface area contributed by atoms with Crippen molar-refractivity contribution in [2.75, 3.05) is 50.5 Å². The predicted molar refractivity (Wildman–Crippen MR) is 103 cm³/mol. The lowest BCUT2D eigenvalue weighted by atomic mass is 10.1. The quantitative estimate of drug-likeness (QED) is 0.732. The predicted octanol–water partition coefficient (Wildman–Crippen LogP) is 1.31. The minimum Gasteiger partial charge on any atom is -0.497 e. The first-order valence-corrected chi connectivity index (χ1v) is 10.6. The van der Waals surface area contributed by atoms with Crippen molar-refractivity contribution in [2.24, 2.45) is 5.92 Å². The molecule has 0 spiro atoms. The van der Waals surface area contributed by atoms with E-state index in [1.54, 1.807) is 7.11 Å². The fraction of sp³-hybridized carbons (Fsp3) is 0.611. The maximum atomic E-state index is 12.5. The molecule has 0 atom stereocenters. The van der Waals surface area contributed by atoms with Crippen molar-refractivity contribution in [2.45, 2.75) is 20.3 Å². The van der Waals surface area contributed by atoms with Gasteiger partial charge in [0.15, 0.2) is 0 Å². The zero-order valence-corrected chi connectivity index (χ0v) is 16.6. The third kappa shape index (κ3) is 5.88. The van der Waals surface area contributed by atoms with E-state index in [0.29, 0.717) is 32.6 Å². The molecule has 26 heavy (non-hydrogen) atoms. The first-order chi connectivity index (χ1) is 12.3. The van der Waals surface area contributed by atoms with Crippen molar-refractivity contribution in [3.63, 3.8) is 0 Å². The Bertz CT molecular complexity index is 681. The zero-order valence-electron chi connectivity index (χ0n) is 15.8. The molecule has 0 radical (unpaired) electrons. The van der Waals surface area contributed by atoms with Gasteiger partial charge in [0, 0.05) is 44.8 Å². The SMILES string of the molecule is COc1ccc(N2CCN(S(=O)(=O)CCNC(=O)CC(C)C)CC2)cc1. The first kappa shape index (κ1) is 20.5. The summed E-state index contributed by atoms with van der Waals surface area (Å²) in [5, 5.41) is 2.69. The number of piperazine rings is 1. The highest BCUT2D eigenvalue weighted by molar-refractivity contribution is 7.89. The van der Waals surface area contributed by atoms with Gasteiger partial charge in [0.05, 0.1) is 12.9 Å². The number of nitrogens with one attached hydrogen (secondary N) is 1. The molecule has 1 saturated heterocycles. The Morgan fingerprint density at radius 2 is 1.77 bits per heavy atom. The summed E-state index contributed by atoms with van der Waals surface area (Å²) in [6.07, 6.45) is 0.417. The van der Waals surface area contributed by atoms with Crippen LogP contribution in [0.4, 0.5) is 5.69 Å². The maximum absolute atomic E-state index is 12.5. The second kappa shape index (κ2) is 9.23. The van der Waals surface area contributed by atoms with Gasteiger partial charge in [0.25, 0.3) is 0 Å². The highest BCUT2D eigenvalue weighted by Gasteiger charge is 2.26. The highest BCUT2D eigenvalue weighted by atomic mass is 32.2. The van der Waals surface area contributed by atoms with Crippen LogP contribution in [-0.4, -0.2) is 64.2 Å². The van der Waals surface area contributed by atoms with Gasteiger partial charge in [0.2, 0.25) is 15.9 Å². The Balaban J connectivity index is 1.80. The monoisotopic (exact) mass is 383 g/mol. The number of carbonyl (C=O) groups is 1. The Kier molecular flexibility index (Phi) is 7.28. The van der Waals surface area contributed by atoms with Gasteiger partial charge in [-0.3, -0.25) is 4.79 Å². The number of ether oxygens (including phenoxy) is 1. The fourth-order valence-corrected chi connectivity index (χ4v) is 4.25. The van der Waals surface area contributed by atoms with Gasteiger partial charge < -0.3 is 15.0 Å². The molecule has 1 fully saturated rings. The molecule has 1 aliphatic heterocycles. The molecule has 0 unspecified atom stereocenters. The molecule has 0 saturated carbocycles. The maximum Gasteiger partial charge on any atom is 0.220 e. The average Bonchev–Trinajstić information content (AvgIpc) is 2.61. The van der Waals surface area contributed by atoms with Crippen LogP contribution in [0.15, 0.2) is 24.3 Å². The van der Waals surface area contributed by atoms with E-state index in [2.05, 4.69) is 10.2 Å². The first-order valence-electron chi connectivity index (χ1n) is 8.95. The van der Waals surface area contributed by atoms with Gasteiger partial charge in [-0.15, -0.1) is 0 Å². The fourth-order valence-electron chi connectivity index (χ4n) is 2.91.